The molecule has 2 aliphatic rings. The van der Waals surface area contributed by atoms with E-state index >= 15 is 0 Å². The number of carbonyl (C=O) groups excluding carboxylic acids is 2. The summed E-state index contributed by atoms with van der Waals surface area (Å²) in [5.41, 5.74) is -1.09. The van der Waals surface area contributed by atoms with Crippen LogP contribution in [0, 0.1) is 5.92 Å². The fourth-order valence-corrected chi connectivity index (χ4v) is 4.28. The maximum Gasteiger partial charge on any atom is 0.417 e. The van der Waals surface area contributed by atoms with Crippen molar-refractivity contribution in [1.82, 2.24) is 0 Å². The van der Waals surface area contributed by atoms with Crippen LogP contribution in [0.1, 0.15) is 17.5 Å². The molecular weight excluding hydrogens is 440 g/mol. The van der Waals surface area contributed by atoms with Gasteiger partial charge in [-0.15, -0.1) is 0 Å². The first-order valence-corrected chi connectivity index (χ1v) is 10.3. The van der Waals surface area contributed by atoms with Gasteiger partial charge in [0, 0.05) is 6.00 Å². The topological polar surface area (TPSA) is 71.1 Å². The van der Waals surface area contributed by atoms with E-state index in [1.807, 2.05) is 0 Å². The molecule has 2 heterocycles. The predicted molar refractivity (Wildman–Crippen MR) is 109 cm³/mol. The molecule has 172 valence electrons. The molecule has 6 nitrogen and oxygen atoms in total. The molecule has 2 saturated heterocycles. The fraction of sp³-hybridized carbons (Fsp3) is 0.391. The van der Waals surface area contributed by atoms with Gasteiger partial charge in [-0.2, -0.15) is 13.2 Å². The van der Waals surface area contributed by atoms with E-state index in [1.165, 1.54) is 0 Å². The van der Waals surface area contributed by atoms with E-state index in [0.717, 1.165) is 0 Å². The minimum Gasteiger partial charge on any atom is -0.461 e. The molecule has 2 bridgehead atoms. The van der Waals surface area contributed by atoms with Gasteiger partial charge in [-0.1, -0.05) is 60.7 Å². The van der Waals surface area contributed by atoms with Gasteiger partial charge < -0.3 is 18.9 Å². The lowest BCUT2D eigenvalue weighted by atomic mass is 9.79. The van der Waals surface area contributed by atoms with Gasteiger partial charge >= 0.3 is 18.1 Å². The van der Waals surface area contributed by atoms with Gasteiger partial charge in [0.25, 0.3) is 0 Å². The van der Waals surface area contributed by atoms with Crippen molar-refractivity contribution in [2.45, 2.75) is 49.6 Å². The van der Waals surface area contributed by atoms with Crippen LogP contribution in [0.3, 0.4) is 0 Å². The number of fused-ring (bicyclic) bond motifs is 2. The normalized spacial score (nSPS) is 28.5. The summed E-state index contributed by atoms with van der Waals surface area (Å²) in [6, 6.07) is 15.9. The summed E-state index contributed by atoms with van der Waals surface area (Å²) in [5.74, 6) is -3.51. The van der Waals surface area contributed by atoms with Crippen LogP contribution in [0.5, 0.6) is 0 Å². The van der Waals surface area contributed by atoms with Crippen LogP contribution in [0.15, 0.2) is 60.7 Å². The van der Waals surface area contributed by atoms with Crippen molar-refractivity contribution in [3.63, 3.8) is 0 Å². The van der Waals surface area contributed by atoms with Crippen LogP contribution < -0.4 is 0 Å². The standard InChI is InChI=1S/C23H20BF3O6/c24-19-18-17(20(29)31-13-15-9-5-2-6-10-15)22(33-19,21(32-18)23(25,26)27)11-16(28)30-12-14-7-3-1-4-8-14/h1-10,17-19,21H,11-13H2/t17?,18-,19+,21?,22+/m0/s1. The largest absolute Gasteiger partial charge is 0.461 e. The molecule has 0 spiro atoms. The zero-order valence-electron chi connectivity index (χ0n) is 17.4. The second kappa shape index (κ2) is 9.19. The summed E-state index contributed by atoms with van der Waals surface area (Å²) >= 11 is 0. The molecule has 0 amide bonds. The van der Waals surface area contributed by atoms with Gasteiger partial charge in [0.15, 0.2) is 6.10 Å². The molecule has 0 aromatic heterocycles. The number of ether oxygens (including phenoxy) is 4. The van der Waals surface area contributed by atoms with Crippen LogP contribution in [0.4, 0.5) is 13.2 Å². The summed E-state index contributed by atoms with van der Waals surface area (Å²) in [5, 5.41) is 0. The molecule has 0 aliphatic carbocycles. The van der Waals surface area contributed by atoms with Crippen LogP contribution in [-0.4, -0.2) is 49.8 Å². The fourth-order valence-electron chi connectivity index (χ4n) is 4.28. The number of hydrogen-bond donors (Lipinski definition) is 0. The highest BCUT2D eigenvalue weighted by molar-refractivity contribution is 6.12. The number of halogens is 3. The average molecular weight is 460 g/mol. The number of hydrogen-bond acceptors (Lipinski definition) is 6. The Morgan fingerprint density at radius 2 is 1.48 bits per heavy atom. The molecular formula is C23H20BF3O6. The van der Waals surface area contributed by atoms with Gasteiger partial charge in [0.05, 0.1) is 12.5 Å². The van der Waals surface area contributed by atoms with Crippen molar-refractivity contribution in [1.29, 1.82) is 0 Å². The minimum atomic E-state index is -4.91. The molecule has 0 saturated carbocycles. The van der Waals surface area contributed by atoms with Crippen LogP contribution in [0.2, 0.25) is 0 Å². The Balaban J connectivity index is 1.54. The molecule has 5 atom stereocenters. The SMILES string of the molecule is [B][C@@H]1O[C@]2(CC(=O)OCc3ccccc3)C(C(=O)OCc3ccccc3)[C@@H]1OC2C(F)(F)F. The van der Waals surface area contributed by atoms with Crippen molar-refractivity contribution >= 4 is 19.8 Å². The molecule has 2 unspecified atom stereocenters. The van der Waals surface area contributed by atoms with Crippen molar-refractivity contribution in [3.8, 4) is 0 Å². The van der Waals surface area contributed by atoms with Crippen molar-refractivity contribution in [3.05, 3.63) is 71.8 Å². The number of benzene rings is 2. The summed E-state index contributed by atoms with van der Waals surface area (Å²) in [4.78, 5) is 25.5. The first-order chi connectivity index (χ1) is 15.7. The van der Waals surface area contributed by atoms with E-state index in [-0.39, 0.29) is 13.2 Å². The Bertz CT molecular complexity index is 987. The first-order valence-electron chi connectivity index (χ1n) is 10.3. The van der Waals surface area contributed by atoms with Crippen LogP contribution >= 0.6 is 0 Å². The molecule has 2 fully saturated rings. The Morgan fingerprint density at radius 1 is 0.939 bits per heavy atom. The third kappa shape index (κ3) is 4.77. The zero-order valence-corrected chi connectivity index (χ0v) is 17.4. The second-order valence-corrected chi connectivity index (χ2v) is 7.95. The Morgan fingerprint density at radius 3 is 2.03 bits per heavy atom. The summed E-state index contributed by atoms with van der Waals surface area (Å²) in [7, 11) is 5.81. The molecule has 2 radical (unpaired) electrons. The zero-order chi connectivity index (χ0) is 23.6. The lowest BCUT2D eigenvalue weighted by Gasteiger charge is -2.37. The van der Waals surface area contributed by atoms with E-state index in [2.05, 4.69) is 0 Å². The molecule has 2 aromatic rings. The lowest BCUT2D eigenvalue weighted by Crippen LogP contribution is -2.56. The first kappa shape index (κ1) is 23.3. The van der Waals surface area contributed by atoms with Crippen LogP contribution in [0.25, 0.3) is 0 Å². The average Bonchev–Trinajstić information content (AvgIpc) is 3.26. The van der Waals surface area contributed by atoms with E-state index in [0.29, 0.717) is 11.1 Å². The summed E-state index contributed by atoms with van der Waals surface area (Å²) in [6.07, 6.45) is -9.73. The predicted octanol–water partition coefficient (Wildman–Crippen LogP) is 3.07. The Kier molecular flexibility index (Phi) is 6.49. The summed E-state index contributed by atoms with van der Waals surface area (Å²) < 4.78 is 62.4. The van der Waals surface area contributed by atoms with Crippen LogP contribution in [-0.2, 0) is 41.8 Å². The van der Waals surface area contributed by atoms with Gasteiger partial charge in [0.2, 0.25) is 0 Å². The number of carbonyl (C=O) groups is 2. The Hall–Kier alpha value is -2.85. The monoisotopic (exact) mass is 460 g/mol. The van der Waals surface area contributed by atoms with Gasteiger partial charge in [-0.25, -0.2) is 0 Å². The molecule has 4 rings (SSSR count). The van der Waals surface area contributed by atoms with Crippen molar-refractivity contribution in [2.24, 2.45) is 5.92 Å². The molecule has 33 heavy (non-hydrogen) atoms. The highest BCUT2D eigenvalue weighted by Gasteiger charge is 2.74. The minimum absolute atomic E-state index is 0.147. The third-order valence-electron chi connectivity index (χ3n) is 5.71. The smallest absolute Gasteiger partial charge is 0.417 e. The molecule has 2 aliphatic heterocycles. The quantitative estimate of drug-likeness (QED) is 0.468. The van der Waals surface area contributed by atoms with Crippen molar-refractivity contribution in [2.75, 3.05) is 0 Å². The number of rotatable bonds is 7. The van der Waals surface area contributed by atoms with Gasteiger partial charge in [-0.3, -0.25) is 9.59 Å². The van der Waals surface area contributed by atoms with E-state index in [9.17, 15) is 22.8 Å². The number of alkyl halides is 3. The van der Waals surface area contributed by atoms with E-state index < -0.39 is 54.3 Å². The molecule has 0 N–H and O–H groups in total. The van der Waals surface area contributed by atoms with E-state index in [1.54, 1.807) is 60.7 Å². The lowest BCUT2D eigenvalue weighted by molar-refractivity contribution is -0.287. The summed E-state index contributed by atoms with van der Waals surface area (Å²) in [6.45, 7) is -0.310. The Labute approximate surface area is 189 Å². The highest BCUT2D eigenvalue weighted by Crippen LogP contribution is 2.55. The van der Waals surface area contributed by atoms with E-state index in [4.69, 9.17) is 26.8 Å². The number of esters is 2. The second-order valence-electron chi connectivity index (χ2n) is 7.95. The molecule has 10 heteroatoms. The maximum absolute atomic E-state index is 13.8. The maximum atomic E-state index is 13.8. The van der Waals surface area contributed by atoms with Gasteiger partial charge in [-0.05, 0) is 11.1 Å². The highest BCUT2D eigenvalue weighted by atomic mass is 19.4. The van der Waals surface area contributed by atoms with Gasteiger partial charge in [0.1, 0.15) is 32.6 Å². The van der Waals surface area contributed by atoms with Crippen molar-refractivity contribution < 1.29 is 41.7 Å². The molecule has 2 aromatic carbocycles. The third-order valence-corrected chi connectivity index (χ3v) is 5.71.